The van der Waals surface area contributed by atoms with E-state index in [0.717, 1.165) is 26.0 Å². The maximum atomic E-state index is 11.9. The number of rotatable bonds is 6. The molecule has 4 nitrogen and oxygen atoms in total. The lowest BCUT2D eigenvalue weighted by molar-refractivity contribution is -0.00803. The van der Waals surface area contributed by atoms with E-state index < -0.39 is 9.84 Å². The van der Waals surface area contributed by atoms with Gasteiger partial charge in [-0.2, -0.15) is 0 Å². The second-order valence-electron chi connectivity index (χ2n) is 5.35. The van der Waals surface area contributed by atoms with E-state index in [1.54, 1.807) is 13.8 Å². The van der Waals surface area contributed by atoms with Gasteiger partial charge in [0, 0.05) is 18.6 Å². The van der Waals surface area contributed by atoms with Crippen molar-refractivity contribution in [1.82, 2.24) is 5.32 Å². The van der Waals surface area contributed by atoms with E-state index in [4.69, 9.17) is 4.74 Å². The van der Waals surface area contributed by atoms with Crippen LogP contribution in [-0.2, 0) is 14.6 Å². The molecular formula is C12H25NO3S. The molecule has 0 aromatic rings. The molecule has 0 aromatic carbocycles. The smallest absolute Gasteiger partial charge is 0.152 e. The molecule has 1 atom stereocenters. The average Bonchev–Trinajstić information content (AvgIpc) is 2.28. The summed E-state index contributed by atoms with van der Waals surface area (Å²) in [6.07, 6.45) is 2.79. The molecule has 102 valence electrons. The Bertz CT molecular complexity index is 313. The Hall–Kier alpha value is -0.130. The molecule has 1 fully saturated rings. The SMILES string of the molecule is CNCC1(CCS(=O)(=O)C(C)C)CCCOC1. The highest BCUT2D eigenvalue weighted by Gasteiger charge is 2.34. The molecule has 0 aliphatic carbocycles. The van der Waals surface area contributed by atoms with Crippen molar-refractivity contribution in [3.05, 3.63) is 0 Å². The lowest BCUT2D eigenvalue weighted by Gasteiger charge is -2.37. The number of ether oxygens (including phenoxy) is 1. The first kappa shape index (κ1) is 14.9. The molecule has 0 saturated carbocycles. The van der Waals surface area contributed by atoms with Crippen LogP contribution in [0.3, 0.4) is 0 Å². The molecule has 1 unspecified atom stereocenters. The Morgan fingerprint density at radius 3 is 2.59 bits per heavy atom. The van der Waals surface area contributed by atoms with Gasteiger partial charge in [0.25, 0.3) is 0 Å². The lowest BCUT2D eigenvalue weighted by atomic mass is 9.80. The predicted molar refractivity (Wildman–Crippen MR) is 70.0 cm³/mol. The van der Waals surface area contributed by atoms with Gasteiger partial charge in [-0.15, -0.1) is 0 Å². The summed E-state index contributed by atoms with van der Waals surface area (Å²) < 4.78 is 29.2. The van der Waals surface area contributed by atoms with Crippen molar-refractivity contribution in [3.63, 3.8) is 0 Å². The molecule has 1 aliphatic rings. The minimum absolute atomic E-state index is 0.00889. The zero-order valence-corrected chi connectivity index (χ0v) is 12.0. The van der Waals surface area contributed by atoms with Crippen LogP contribution in [0.4, 0.5) is 0 Å². The minimum atomic E-state index is -2.94. The second kappa shape index (κ2) is 6.16. The molecule has 1 rings (SSSR count). The van der Waals surface area contributed by atoms with Gasteiger partial charge in [-0.1, -0.05) is 0 Å². The van der Waals surface area contributed by atoms with Gasteiger partial charge < -0.3 is 10.1 Å². The van der Waals surface area contributed by atoms with Crippen molar-refractivity contribution in [2.75, 3.05) is 32.6 Å². The van der Waals surface area contributed by atoms with Crippen molar-refractivity contribution in [2.24, 2.45) is 5.41 Å². The van der Waals surface area contributed by atoms with Crippen molar-refractivity contribution in [2.45, 2.75) is 38.4 Å². The quantitative estimate of drug-likeness (QED) is 0.783. The summed E-state index contributed by atoms with van der Waals surface area (Å²) in [5.41, 5.74) is 0.00889. The highest BCUT2D eigenvalue weighted by atomic mass is 32.2. The van der Waals surface area contributed by atoms with E-state index in [1.807, 2.05) is 7.05 Å². The molecule has 0 aromatic heterocycles. The van der Waals surface area contributed by atoms with Gasteiger partial charge in [0.05, 0.1) is 17.6 Å². The number of nitrogens with one attached hydrogen (secondary N) is 1. The normalized spacial score (nSPS) is 26.4. The third kappa shape index (κ3) is 4.23. The van der Waals surface area contributed by atoms with E-state index in [0.29, 0.717) is 13.0 Å². The van der Waals surface area contributed by atoms with Gasteiger partial charge in [-0.05, 0) is 40.2 Å². The molecular weight excluding hydrogens is 238 g/mol. The summed E-state index contributed by atoms with van der Waals surface area (Å²) in [7, 11) is -1.03. The van der Waals surface area contributed by atoms with Crippen LogP contribution < -0.4 is 5.32 Å². The first-order chi connectivity index (χ1) is 7.92. The summed E-state index contributed by atoms with van der Waals surface area (Å²) in [5, 5.41) is 2.89. The van der Waals surface area contributed by atoms with E-state index in [9.17, 15) is 8.42 Å². The van der Waals surface area contributed by atoms with Crippen molar-refractivity contribution in [3.8, 4) is 0 Å². The van der Waals surface area contributed by atoms with Crippen LogP contribution in [0.5, 0.6) is 0 Å². The standard InChI is InChI=1S/C12H25NO3S/c1-11(2)17(14,15)8-6-12(9-13-3)5-4-7-16-10-12/h11,13H,4-10H2,1-3H3. The van der Waals surface area contributed by atoms with E-state index in [2.05, 4.69) is 5.32 Å². The molecule has 5 heteroatoms. The topological polar surface area (TPSA) is 55.4 Å². The van der Waals surface area contributed by atoms with E-state index >= 15 is 0 Å². The number of sulfone groups is 1. The zero-order chi connectivity index (χ0) is 12.9. The highest BCUT2D eigenvalue weighted by molar-refractivity contribution is 7.91. The van der Waals surface area contributed by atoms with E-state index in [1.165, 1.54) is 0 Å². The maximum absolute atomic E-state index is 11.9. The Morgan fingerprint density at radius 1 is 1.41 bits per heavy atom. The Kier molecular flexibility index (Phi) is 5.41. The van der Waals surface area contributed by atoms with Crippen LogP contribution in [0.25, 0.3) is 0 Å². The Morgan fingerprint density at radius 2 is 2.12 bits per heavy atom. The van der Waals surface area contributed by atoms with Crippen LogP contribution in [0.1, 0.15) is 33.1 Å². The molecule has 1 saturated heterocycles. The second-order valence-corrected chi connectivity index (χ2v) is 8.03. The number of hydrogen-bond donors (Lipinski definition) is 1. The van der Waals surface area contributed by atoms with Gasteiger partial charge in [0.2, 0.25) is 0 Å². The lowest BCUT2D eigenvalue weighted by Crippen LogP contribution is -2.41. The predicted octanol–water partition coefficient (Wildman–Crippen LogP) is 1.22. The molecule has 1 aliphatic heterocycles. The number of hydrogen-bond acceptors (Lipinski definition) is 4. The summed E-state index contributed by atoms with van der Waals surface area (Å²) in [6.45, 7) is 5.82. The monoisotopic (exact) mass is 263 g/mol. The molecule has 0 bridgehead atoms. The van der Waals surface area contributed by atoms with Crippen LogP contribution >= 0.6 is 0 Å². The first-order valence-corrected chi connectivity index (χ1v) is 8.07. The van der Waals surface area contributed by atoms with Crippen molar-refractivity contribution < 1.29 is 13.2 Å². The first-order valence-electron chi connectivity index (χ1n) is 6.36. The van der Waals surface area contributed by atoms with E-state index in [-0.39, 0.29) is 16.4 Å². The molecule has 0 spiro atoms. The molecule has 1 heterocycles. The maximum Gasteiger partial charge on any atom is 0.152 e. The van der Waals surface area contributed by atoms with Gasteiger partial charge >= 0.3 is 0 Å². The third-order valence-corrected chi connectivity index (χ3v) is 5.80. The summed E-state index contributed by atoms with van der Waals surface area (Å²) in [6, 6.07) is 0. The summed E-state index contributed by atoms with van der Waals surface area (Å²) in [5.74, 6) is 0.274. The highest BCUT2D eigenvalue weighted by Crippen LogP contribution is 2.32. The van der Waals surface area contributed by atoms with Gasteiger partial charge in [-0.3, -0.25) is 0 Å². The molecule has 1 N–H and O–H groups in total. The largest absolute Gasteiger partial charge is 0.381 e. The fraction of sp³-hybridized carbons (Fsp3) is 1.00. The van der Waals surface area contributed by atoms with Crippen LogP contribution in [0.2, 0.25) is 0 Å². The molecule has 17 heavy (non-hydrogen) atoms. The van der Waals surface area contributed by atoms with Gasteiger partial charge in [0.15, 0.2) is 9.84 Å². The Balaban J connectivity index is 2.61. The fourth-order valence-corrected chi connectivity index (χ4v) is 3.49. The van der Waals surface area contributed by atoms with Crippen LogP contribution in [-0.4, -0.2) is 46.2 Å². The third-order valence-electron chi connectivity index (χ3n) is 3.59. The van der Waals surface area contributed by atoms with Crippen molar-refractivity contribution >= 4 is 9.84 Å². The fourth-order valence-electron chi connectivity index (χ4n) is 2.30. The average molecular weight is 263 g/mol. The summed E-state index contributed by atoms with van der Waals surface area (Å²) >= 11 is 0. The zero-order valence-electron chi connectivity index (χ0n) is 11.2. The Labute approximate surface area is 105 Å². The summed E-state index contributed by atoms with van der Waals surface area (Å²) in [4.78, 5) is 0. The van der Waals surface area contributed by atoms with Gasteiger partial charge in [0.1, 0.15) is 0 Å². The minimum Gasteiger partial charge on any atom is -0.381 e. The molecule has 0 amide bonds. The van der Waals surface area contributed by atoms with Gasteiger partial charge in [-0.25, -0.2) is 8.42 Å². The van der Waals surface area contributed by atoms with Crippen molar-refractivity contribution in [1.29, 1.82) is 0 Å². The van der Waals surface area contributed by atoms with Crippen LogP contribution in [0.15, 0.2) is 0 Å². The van der Waals surface area contributed by atoms with Crippen LogP contribution in [0, 0.1) is 5.41 Å². The molecule has 0 radical (unpaired) electrons.